The van der Waals surface area contributed by atoms with Gasteiger partial charge in [0.15, 0.2) is 0 Å². The molecule has 0 aliphatic carbocycles. The van der Waals surface area contributed by atoms with Crippen LogP contribution in [0.3, 0.4) is 0 Å². The van der Waals surface area contributed by atoms with E-state index in [1.807, 2.05) is 0 Å². The molecule has 0 saturated carbocycles. The molecule has 1 amide bonds. The van der Waals surface area contributed by atoms with Crippen LogP contribution in [0.2, 0.25) is 0 Å². The Morgan fingerprint density at radius 1 is 1.13 bits per heavy atom. The largest absolute Gasteiger partial charge is 0.573 e. The highest BCUT2D eigenvalue weighted by Crippen LogP contribution is 2.31. The van der Waals surface area contributed by atoms with E-state index in [9.17, 15) is 26.7 Å². The highest BCUT2D eigenvalue weighted by atomic mass is 19.4. The van der Waals surface area contributed by atoms with E-state index in [1.165, 1.54) is 23.1 Å². The Bertz CT molecular complexity index is 1100. The summed E-state index contributed by atoms with van der Waals surface area (Å²) in [6.45, 7) is 0.179. The molecule has 4 rings (SSSR count). The molecule has 1 saturated heterocycles. The van der Waals surface area contributed by atoms with Gasteiger partial charge in [0.05, 0.1) is 5.92 Å². The number of rotatable bonds is 5. The van der Waals surface area contributed by atoms with Crippen LogP contribution >= 0.6 is 0 Å². The third kappa shape index (κ3) is 4.81. The van der Waals surface area contributed by atoms with Crippen molar-refractivity contribution in [2.75, 3.05) is 6.54 Å². The molecule has 2 heterocycles. The maximum Gasteiger partial charge on any atom is 0.573 e. The average molecular weight is 439 g/mol. The lowest BCUT2D eigenvalue weighted by Gasteiger charge is -2.16. The van der Waals surface area contributed by atoms with Crippen LogP contribution in [-0.4, -0.2) is 33.9 Å². The van der Waals surface area contributed by atoms with Crippen molar-refractivity contribution in [3.05, 3.63) is 65.6 Å². The standard InChI is InChI=1S/C20H14F5N3O3/c21-14-4-1-12(16(22)8-14)9-28-10-13(7-17(28)29)19-26-18(27-31-19)11-2-5-15(6-3-11)30-20(23,24)25/h1-6,8,13H,7,9-10H2. The van der Waals surface area contributed by atoms with E-state index in [0.717, 1.165) is 24.3 Å². The van der Waals surface area contributed by atoms with E-state index in [4.69, 9.17) is 4.52 Å². The van der Waals surface area contributed by atoms with E-state index in [2.05, 4.69) is 14.9 Å². The highest BCUT2D eigenvalue weighted by Gasteiger charge is 2.35. The Hall–Kier alpha value is -3.50. The van der Waals surface area contributed by atoms with Crippen LogP contribution in [0.4, 0.5) is 22.0 Å². The number of carbonyl (C=O) groups is 1. The molecule has 3 aromatic rings. The molecule has 11 heteroatoms. The smallest absolute Gasteiger partial charge is 0.406 e. The van der Waals surface area contributed by atoms with Crippen molar-refractivity contribution in [1.82, 2.24) is 15.0 Å². The molecule has 0 spiro atoms. The number of carbonyl (C=O) groups excluding carboxylic acids is 1. The fourth-order valence-electron chi connectivity index (χ4n) is 3.27. The number of halogens is 5. The Balaban J connectivity index is 1.44. The number of hydrogen-bond donors (Lipinski definition) is 0. The maximum atomic E-state index is 13.9. The van der Waals surface area contributed by atoms with Crippen LogP contribution < -0.4 is 4.74 Å². The topological polar surface area (TPSA) is 68.5 Å². The number of benzene rings is 2. The summed E-state index contributed by atoms with van der Waals surface area (Å²) >= 11 is 0. The predicted molar refractivity (Wildman–Crippen MR) is 95.6 cm³/mol. The third-order valence-electron chi connectivity index (χ3n) is 4.73. The van der Waals surface area contributed by atoms with Crippen molar-refractivity contribution >= 4 is 5.91 Å². The number of aromatic nitrogens is 2. The zero-order valence-corrected chi connectivity index (χ0v) is 15.7. The lowest BCUT2D eigenvalue weighted by molar-refractivity contribution is -0.274. The minimum atomic E-state index is -4.79. The van der Waals surface area contributed by atoms with E-state index in [-0.39, 0.29) is 48.4 Å². The molecular weight excluding hydrogens is 425 g/mol. The SMILES string of the molecule is O=C1CC(c2nc(-c3ccc(OC(F)(F)F)cc3)no2)CN1Cc1ccc(F)cc1F. The van der Waals surface area contributed by atoms with Gasteiger partial charge >= 0.3 is 6.36 Å². The van der Waals surface area contributed by atoms with Gasteiger partial charge in [-0.05, 0) is 30.3 Å². The second kappa shape index (κ2) is 7.97. The number of amides is 1. The van der Waals surface area contributed by atoms with Gasteiger partial charge in [0.25, 0.3) is 0 Å². The number of nitrogens with zero attached hydrogens (tertiary/aromatic N) is 3. The van der Waals surface area contributed by atoms with Crippen LogP contribution in [0.25, 0.3) is 11.4 Å². The van der Waals surface area contributed by atoms with E-state index in [1.54, 1.807) is 0 Å². The monoisotopic (exact) mass is 439 g/mol. The summed E-state index contributed by atoms with van der Waals surface area (Å²) in [7, 11) is 0. The zero-order valence-electron chi connectivity index (χ0n) is 15.7. The molecule has 1 aliphatic heterocycles. The quantitative estimate of drug-likeness (QED) is 0.551. The van der Waals surface area contributed by atoms with Crippen molar-refractivity contribution in [2.24, 2.45) is 0 Å². The molecular formula is C20H14F5N3O3. The Kier molecular flexibility index (Phi) is 5.34. The molecule has 162 valence electrons. The first-order valence-electron chi connectivity index (χ1n) is 9.09. The van der Waals surface area contributed by atoms with Gasteiger partial charge in [-0.15, -0.1) is 13.2 Å². The molecule has 0 N–H and O–H groups in total. The summed E-state index contributed by atoms with van der Waals surface area (Å²) in [5, 5.41) is 3.81. The predicted octanol–water partition coefficient (Wildman–Crippen LogP) is 4.43. The minimum Gasteiger partial charge on any atom is -0.406 e. The summed E-state index contributed by atoms with van der Waals surface area (Å²) < 4.78 is 72.7. The molecule has 6 nitrogen and oxygen atoms in total. The van der Waals surface area contributed by atoms with E-state index >= 15 is 0 Å². The molecule has 1 atom stereocenters. The normalized spacial score (nSPS) is 16.7. The lowest BCUT2D eigenvalue weighted by atomic mass is 10.1. The molecule has 0 bridgehead atoms. The van der Waals surface area contributed by atoms with Gasteiger partial charge in [0.2, 0.25) is 17.6 Å². The Morgan fingerprint density at radius 3 is 2.55 bits per heavy atom. The number of alkyl halides is 3. The molecule has 2 aromatic carbocycles. The third-order valence-corrected chi connectivity index (χ3v) is 4.73. The lowest BCUT2D eigenvalue weighted by Crippen LogP contribution is -2.25. The van der Waals surface area contributed by atoms with Crippen LogP contribution in [0.1, 0.15) is 23.8 Å². The van der Waals surface area contributed by atoms with Gasteiger partial charge < -0.3 is 14.2 Å². The minimum absolute atomic E-state index is 0.0247. The van der Waals surface area contributed by atoms with Gasteiger partial charge in [-0.1, -0.05) is 11.2 Å². The van der Waals surface area contributed by atoms with Crippen LogP contribution in [0.5, 0.6) is 5.75 Å². The Labute approximate surface area is 172 Å². The fourth-order valence-corrected chi connectivity index (χ4v) is 3.27. The zero-order chi connectivity index (χ0) is 22.2. The number of hydrogen-bond acceptors (Lipinski definition) is 5. The van der Waals surface area contributed by atoms with Gasteiger partial charge in [0, 0.05) is 36.7 Å². The molecule has 31 heavy (non-hydrogen) atoms. The maximum absolute atomic E-state index is 13.9. The first kappa shape index (κ1) is 20.8. The summed E-state index contributed by atoms with van der Waals surface area (Å²) in [5.74, 6) is -2.18. The van der Waals surface area contributed by atoms with Crippen molar-refractivity contribution < 1.29 is 36.0 Å². The molecule has 1 fully saturated rings. The van der Waals surface area contributed by atoms with Crippen molar-refractivity contribution in [3.8, 4) is 17.1 Å². The molecule has 1 aromatic heterocycles. The van der Waals surface area contributed by atoms with Crippen LogP contribution in [0.15, 0.2) is 47.0 Å². The van der Waals surface area contributed by atoms with E-state index in [0.29, 0.717) is 5.56 Å². The summed E-state index contributed by atoms with van der Waals surface area (Å²) in [6, 6.07) is 8.09. The highest BCUT2D eigenvalue weighted by molar-refractivity contribution is 5.79. The van der Waals surface area contributed by atoms with Crippen molar-refractivity contribution in [2.45, 2.75) is 25.2 Å². The van der Waals surface area contributed by atoms with Crippen molar-refractivity contribution in [3.63, 3.8) is 0 Å². The molecule has 1 aliphatic rings. The average Bonchev–Trinajstić information content (AvgIpc) is 3.31. The van der Waals surface area contributed by atoms with Crippen LogP contribution in [0, 0.1) is 11.6 Å². The Morgan fingerprint density at radius 2 is 1.87 bits per heavy atom. The van der Waals surface area contributed by atoms with Gasteiger partial charge in [-0.25, -0.2) is 8.78 Å². The fraction of sp³-hybridized carbons (Fsp3) is 0.250. The first-order chi connectivity index (χ1) is 14.7. The first-order valence-corrected chi connectivity index (χ1v) is 9.09. The second-order valence-corrected chi connectivity index (χ2v) is 6.94. The van der Waals surface area contributed by atoms with Crippen LogP contribution in [-0.2, 0) is 11.3 Å². The second-order valence-electron chi connectivity index (χ2n) is 6.94. The molecule has 1 unspecified atom stereocenters. The van der Waals surface area contributed by atoms with Gasteiger partial charge in [0.1, 0.15) is 17.4 Å². The molecule has 0 radical (unpaired) electrons. The van der Waals surface area contributed by atoms with Gasteiger partial charge in [-0.2, -0.15) is 4.98 Å². The van der Waals surface area contributed by atoms with Crippen molar-refractivity contribution in [1.29, 1.82) is 0 Å². The van der Waals surface area contributed by atoms with Gasteiger partial charge in [-0.3, -0.25) is 4.79 Å². The number of ether oxygens (including phenoxy) is 1. The summed E-state index contributed by atoms with van der Waals surface area (Å²) in [6.07, 6.45) is -4.72. The number of likely N-dealkylation sites (tertiary alicyclic amines) is 1. The summed E-state index contributed by atoms with van der Waals surface area (Å²) in [5.41, 5.74) is 0.585. The van der Waals surface area contributed by atoms with E-state index < -0.39 is 23.9 Å². The summed E-state index contributed by atoms with van der Waals surface area (Å²) in [4.78, 5) is 17.9.